The number of amides is 1. The van der Waals surface area contributed by atoms with E-state index in [0.29, 0.717) is 25.9 Å². The van der Waals surface area contributed by atoms with E-state index in [4.69, 9.17) is 4.84 Å². The molecule has 2 saturated heterocycles. The molecule has 3 aliphatic rings. The van der Waals surface area contributed by atoms with Crippen molar-refractivity contribution in [1.29, 1.82) is 0 Å². The van der Waals surface area contributed by atoms with Crippen LogP contribution in [-0.2, 0) is 32.2 Å². The highest BCUT2D eigenvalue weighted by Gasteiger charge is 2.45. The van der Waals surface area contributed by atoms with Crippen LogP contribution in [0.1, 0.15) is 37.2 Å². The second-order valence-electron chi connectivity index (χ2n) is 8.12. The predicted molar refractivity (Wildman–Crippen MR) is 99.2 cm³/mol. The fourth-order valence-electron chi connectivity index (χ4n) is 4.16. The van der Waals surface area contributed by atoms with Crippen LogP contribution in [0.15, 0.2) is 11.4 Å². The fraction of sp³-hybridized carbons (Fsp3) is 0.706. The summed E-state index contributed by atoms with van der Waals surface area (Å²) < 4.78 is 61.3. The normalized spacial score (nSPS) is 29.0. The summed E-state index contributed by atoms with van der Waals surface area (Å²) >= 11 is 0. The van der Waals surface area contributed by atoms with Gasteiger partial charge < -0.3 is 15.1 Å². The van der Waals surface area contributed by atoms with E-state index in [-0.39, 0.29) is 36.0 Å². The van der Waals surface area contributed by atoms with Crippen LogP contribution in [-0.4, -0.2) is 71.1 Å². The highest BCUT2D eigenvalue weighted by molar-refractivity contribution is 7.91. The number of nitrogens with one attached hydrogen (secondary N) is 2. The molecule has 30 heavy (non-hydrogen) atoms. The van der Waals surface area contributed by atoms with E-state index in [0.717, 1.165) is 12.6 Å². The average molecular weight is 449 g/mol. The minimum atomic E-state index is -4.47. The van der Waals surface area contributed by atoms with Gasteiger partial charge in [-0.3, -0.25) is 9.69 Å². The molecule has 13 heteroatoms. The first-order chi connectivity index (χ1) is 14.0. The van der Waals surface area contributed by atoms with Gasteiger partial charge in [0.2, 0.25) is 0 Å². The molecule has 2 fully saturated rings. The molecule has 4 rings (SSSR count). The van der Waals surface area contributed by atoms with Crippen LogP contribution in [0.5, 0.6) is 0 Å². The fourth-order valence-corrected chi connectivity index (χ4v) is 5.84. The van der Waals surface area contributed by atoms with E-state index in [1.54, 1.807) is 0 Å². The lowest BCUT2D eigenvalue weighted by Crippen LogP contribution is -2.49. The van der Waals surface area contributed by atoms with Gasteiger partial charge in [0.05, 0.1) is 24.2 Å². The SMILES string of the molecule is O=C(N[C@@H]1CCS(=O)(=O)C1)C1=NO[C@]2(CCCN(Cc3ncc(C(F)(F)F)[nH]3)C2)C1. The van der Waals surface area contributed by atoms with Crippen LogP contribution in [0, 0.1) is 0 Å². The molecule has 9 nitrogen and oxygen atoms in total. The summed E-state index contributed by atoms with van der Waals surface area (Å²) in [6.07, 6.45) is -1.66. The number of rotatable bonds is 4. The number of piperidine rings is 1. The van der Waals surface area contributed by atoms with E-state index < -0.39 is 39.3 Å². The van der Waals surface area contributed by atoms with Gasteiger partial charge in [0.25, 0.3) is 5.91 Å². The van der Waals surface area contributed by atoms with Crippen LogP contribution in [0.3, 0.4) is 0 Å². The zero-order valence-electron chi connectivity index (χ0n) is 16.0. The number of H-pyrrole nitrogens is 1. The van der Waals surface area contributed by atoms with Crippen LogP contribution in [0.4, 0.5) is 13.2 Å². The Labute approximate surface area is 171 Å². The second kappa shape index (κ2) is 7.52. The highest BCUT2D eigenvalue weighted by atomic mass is 32.2. The molecule has 1 spiro atoms. The Balaban J connectivity index is 1.33. The van der Waals surface area contributed by atoms with Crippen molar-refractivity contribution in [2.75, 3.05) is 24.6 Å². The summed E-state index contributed by atoms with van der Waals surface area (Å²) in [6.45, 7) is 1.25. The maximum Gasteiger partial charge on any atom is 0.432 e. The van der Waals surface area contributed by atoms with Crippen LogP contribution >= 0.6 is 0 Å². The lowest BCUT2D eigenvalue weighted by atomic mass is 9.88. The lowest BCUT2D eigenvalue weighted by molar-refractivity contribution is -0.141. The Morgan fingerprint density at radius 2 is 2.23 bits per heavy atom. The average Bonchev–Trinajstić information content (AvgIpc) is 3.34. The second-order valence-corrected chi connectivity index (χ2v) is 10.3. The Bertz CT molecular complexity index is 961. The third kappa shape index (κ3) is 4.61. The number of oxime groups is 1. The number of carbonyl (C=O) groups excluding carboxylic acids is 1. The van der Waals surface area contributed by atoms with Gasteiger partial charge in [0.1, 0.15) is 17.2 Å². The minimum absolute atomic E-state index is 0.0582. The quantitative estimate of drug-likeness (QED) is 0.704. The number of aromatic amines is 1. The largest absolute Gasteiger partial charge is 0.432 e. The third-order valence-corrected chi connectivity index (χ3v) is 7.36. The van der Waals surface area contributed by atoms with Gasteiger partial charge in [-0.05, 0) is 25.8 Å². The number of carbonyl (C=O) groups is 1. The van der Waals surface area contributed by atoms with Gasteiger partial charge in [0.15, 0.2) is 15.4 Å². The number of halogens is 3. The van der Waals surface area contributed by atoms with Crippen LogP contribution in [0.25, 0.3) is 0 Å². The molecule has 2 atom stereocenters. The Kier molecular flexibility index (Phi) is 5.29. The van der Waals surface area contributed by atoms with Gasteiger partial charge in [-0.15, -0.1) is 0 Å². The first-order valence-electron chi connectivity index (χ1n) is 9.63. The van der Waals surface area contributed by atoms with E-state index in [2.05, 4.69) is 20.4 Å². The number of hydrogen-bond donors (Lipinski definition) is 2. The number of hydrogen-bond acceptors (Lipinski definition) is 7. The Morgan fingerprint density at radius 3 is 2.90 bits per heavy atom. The maximum absolute atomic E-state index is 12.7. The molecule has 1 amide bonds. The van der Waals surface area contributed by atoms with Crippen molar-refractivity contribution in [3.63, 3.8) is 0 Å². The van der Waals surface area contributed by atoms with Gasteiger partial charge in [-0.25, -0.2) is 13.4 Å². The number of nitrogens with zero attached hydrogens (tertiary/aromatic N) is 3. The topological polar surface area (TPSA) is 117 Å². The Morgan fingerprint density at radius 1 is 1.43 bits per heavy atom. The van der Waals surface area contributed by atoms with E-state index in [1.807, 2.05) is 4.90 Å². The lowest BCUT2D eigenvalue weighted by Gasteiger charge is -2.37. The van der Waals surface area contributed by atoms with Gasteiger partial charge >= 0.3 is 6.18 Å². The smallest absolute Gasteiger partial charge is 0.387 e. The molecule has 2 N–H and O–H groups in total. The van der Waals surface area contributed by atoms with Crippen molar-refractivity contribution in [2.24, 2.45) is 5.16 Å². The molecule has 3 aliphatic heterocycles. The zero-order valence-corrected chi connectivity index (χ0v) is 16.9. The van der Waals surface area contributed by atoms with Gasteiger partial charge in [-0.1, -0.05) is 5.16 Å². The number of imidazole rings is 1. The molecule has 1 aromatic rings. The monoisotopic (exact) mass is 449 g/mol. The minimum Gasteiger partial charge on any atom is -0.387 e. The van der Waals surface area contributed by atoms with Gasteiger partial charge in [-0.2, -0.15) is 13.2 Å². The van der Waals surface area contributed by atoms with Crippen molar-refractivity contribution in [2.45, 2.75) is 50.0 Å². The number of likely N-dealkylation sites (tertiary alicyclic amines) is 1. The number of sulfone groups is 1. The number of aromatic nitrogens is 2. The summed E-state index contributed by atoms with van der Waals surface area (Å²) in [7, 11) is -3.11. The summed E-state index contributed by atoms with van der Waals surface area (Å²) in [5.74, 6) is -0.247. The highest BCUT2D eigenvalue weighted by Crippen LogP contribution is 2.34. The molecule has 0 unspecified atom stereocenters. The van der Waals surface area contributed by atoms with E-state index >= 15 is 0 Å². The van der Waals surface area contributed by atoms with Crippen molar-refractivity contribution in [3.8, 4) is 0 Å². The molecule has 1 aromatic heterocycles. The van der Waals surface area contributed by atoms with Crippen LogP contribution < -0.4 is 5.32 Å². The van der Waals surface area contributed by atoms with Crippen molar-refractivity contribution < 1.29 is 31.2 Å². The summed E-state index contributed by atoms with van der Waals surface area (Å²) in [5.41, 5.74) is -1.40. The molecule has 0 aromatic carbocycles. The first kappa shape index (κ1) is 21.1. The van der Waals surface area contributed by atoms with E-state index in [1.165, 1.54) is 0 Å². The molecule has 166 valence electrons. The summed E-state index contributed by atoms with van der Waals surface area (Å²) in [6, 6.07) is -0.425. The molecular formula is C17H22F3N5O4S. The first-order valence-corrected chi connectivity index (χ1v) is 11.5. The van der Waals surface area contributed by atoms with Crippen molar-refractivity contribution in [1.82, 2.24) is 20.2 Å². The zero-order chi connectivity index (χ0) is 21.6. The molecule has 0 bridgehead atoms. The maximum atomic E-state index is 12.7. The molecule has 0 radical (unpaired) electrons. The van der Waals surface area contributed by atoms with Crippen LogP contribution in [0.2, 0.25) is 0 Å². The summed E-state index contributed by atoms with van der Waals surface area (Å²) in [5, 5.41) is 6.63. The summed E-state index contributed by atoms with van der Waals surface area (Å²) in [4.78, 5) is 26.1. The third-order valence-electron chi connectivity index (χ3n) is 5.59. The van der Waals surface area contributed by atoms with E-state index in [9.17, 15) is 26.4 Å². The Hall–Kier alpha value is -2.15. The van der Waals surface area contributed by atoms with Crippen molar-refractivity contribution >= 4 is 21.5 Å². The molecule has 4 heterocycles. The van der Waals surface area contributed by atoms with Crippen molar-refractivity contribution in [3.05, 3.63) is 17.7 Å². The number of alkyl halides is 3. The molecule has 0 aliphatic carbocycles. The molecular weight excluding hydrogens is 427 g/mol. The molecule has 0 saturated carbocycles. The predicted octanol–water partition coefficient (Wildman–Crippen LogP) is 0.843. The standard InChI is InChI=1S/C17H22F3N5O4S/c18-17(19,20)13-7-21-14(23-13)8-25-4-1-3-16(10-25)6-12(24-29-16)15(26)22-11-2-5-30(27,28)9-11/h7,11H,1-6,8-10H2,(H,21,23)(H,22,26)/t11-,16-/m1/s1. The van der Waals surface area contributed by atoms with Gasteiger partial charge in [0, 0.05) is 19.0 Å².